The Morgan fingerprint density at radius 2 is 2.12 bits per heavy atom. The van der Waals surface area contributed by atoms with Crippen LogP contribution in [0.15, 0.2) is 36.1 Å². The second-order valence-electron chi connectivity index (χ2n) is 3.76. The van der Waals surface area contributed by atoms with Crippen LogP contribution in [0.5, 0.6) is 0 Å². The summed E-state index contributed by atoms with van der Waals surface area (Å²) in [4.78, 5) is 9.45. The Morgan fingerprint density at radius 3 is 2.88 bits per heavy atom. The molecule has 0 aromatic carbocycles. The molecule has 0 aliphatic carbocycles. The lowest BCUT2D eigenvalue weighted by Gasteiger charge is -2.02. The fourth-order valence-electron chi connectivity index (χ4n) is 1.91. The van der Waals surface area contributed by atoms with E-state index in [1.54, 1.807) is 23.7 Å². The van der Waals surface area contributed by atoms with Gasteiger partial charge in [0.2, 0.25) is 0 Å². The van der Waals surface area contributed by atoms with Crippen LogP contribution in [0.2, 0.25) is 0 Å². The molecule has 3 rings (SSSR count). The minimum atomic E-state index is 0.638. The summed E-state index contributed by atoms with van der Waals surface area (Å²) in [6, 6.07) is 4.02. The largest absolute Gasteiger partial charge is 0.330 e. The number of hydrogen-bond acceptors (Lipinski definition) is 4. The van der Waals surface area contributed by atoms with E-state index in [0.717, 1.165) is 28.3 Å². The molecule has 0 saturated carbocycles. The van der Waals surface area contributed by atoms with E-state index < -0.39 is 0 Å². The third-order valence-electron chi connectivity index (χ3n) is 2.70. The van der Waals surface area contributed by atoms with Gasteiger partial charge in [-0.1, -0.05) is 0 Å². The van der Waals surface area contributed by atoms with Gasteiger partial charge in [-0.15, -0.1) is 11.3 Å². The van der Waals surface area contributed by atoms with Crippen LogP contribution in [0.4, 0.5) is 0 Å². The van der Waals surface area contributed by atoms with Gasteiger partial charge in [0.05, 0.1) is 11.9 Å². The summed E-state index contributed by atoms with van der Waals surface area (Å²) >= 11 is 1.65. The van der Waals surface area contributed by atoms with Gasteiger partial charge in [-0.2, -0.15) is 0 Å². The average Bonchev–Trinajstić information content (AvgIpc) is 2.94. The lowest BCUT2D eigenvalue weighted by atomic mass is 10.2. The molecule has 0 bridgehead atoms. The predicted octanol–water partition coefficient (Wildman–Crippen LogP) is 1.96. The first kappa shape index (κ1) is 10.4. The zero-order valence-electron chi connectivity index (χ0n) is 9.21. The van der Waals surface area contributed by atoms with Crippen LogP contribution in [-0.2, 0) is 6.42 Å². The maximum Gasteiger partial charge on any atom is 0.194 e. The maximum atomic E-state index is 5.62. The highest BCUT2D eigenvalue weighted by Crippen LogP contribution is 2.26. The van der Waals surface area contributed by atoms with Crippen LogP contribution in [0.1, 0.15) is 5.69 Å². The molecule has 3 aromatic rings. The number of nitrogens with two attached hydrogens (primary N) is 1. The first-order valence-electron chi connectivity index (χ1n) is 5.44. The Bertz CT molecular complexity index is 626. The molecule has 17 heavy (non-hydrogen) atoms. The molecule has 0 spiro atoms. The first-order chi connectivity index (χ1) is 8.40. The van der Waals surface area contributed by atoms with Crippen molar-refractivity contribution in [2.75, 3.05) is 6.54 Å². The number of fused-ring (bicyclic) bond motifs is 1. The summed E-state index contributed by atoms with van der Waals surface area (Å²) in [6.45, 7) is 0.638. The fraction of sp³-hybridized carbons (Fsp3) is 0.167. The maximum absolute atomic E-state index is 5.62. The van der Waals surface area contributed by atoms with E-state index in [4.69, 9.17) is 5.73 Å². The second-order valence-corrected chi connectivity index (χ2v) is 4.60. The smallest absolute Gasteiger partial charge is 0.194 e. The zero-order valence-corrected chi connectivity index (χ0v) is 10.0. The molecule has 0 atom stereocenters. The molecule has 0 saturated heterocycles. The lowest BCUT2D eigenvalue weighted by Crippen LogP contribution is -2.05. The van der Waals surface area contributed by atoms with Gasteiger partial charge in [0.1, 0.15) is 0 Å². The molecule has 5 heteroatoms. The topological polar surface area (TPSA) is 56.2 Å². The van der Waals surface area contributed by atoms with Gasteiger partial charge in [-0.25, -0.2) is 4.98 Å². The standard InChI is InChI=1S/C12H12N4S/c13-4-1-10-7-15-12-16(10)11(8-17-12)9-2-5-14-6-3-9/h2-3,5-8H,1,4,13H2. The van der Waals surface area contributed by atoms with Crippen molar-refractivity contribution < 1.29 is 0 Å². The Morgan fingerprint density at radius 1 is 1.29 bits per heavy atom. The van der Waals surface area contributed by atoms with Gasteiger partial charge >= 0.3 is 0 Å². The average molecular weight is 244 g/mol. The Hall–Kier alpha value is -1.72. The predicted molar refractivity (Wildman–Crippen MR) is 69.1 cm³/mol. The van der Waals surface area contributed by atoms with E-state index in [-0.39, 0.29) is 0 Å². The molecule has 0 radical (unpaired) electrons. The van der Waals surface area contributed by atoms with Crippen molar-refractivity contribution in [3.8, 4) is 11.3 Å². The first-order valence-corrected chi connectivity index (χ1v) is 6.32. The summed E-state index contributed by atoms with van der Waals surface area (Å²) < 4.78 is 2.17. The number of nitrogens with zero attached hydrogens (tertiary/aromatic N) is 3. The monoisotopic (exact) mass is 244 g/mol. The van der Waals surface area contributed by atoms with Gasteiger partial charge < -0.3 is 5.73 Å². The minimum Gasteiger partial charge on any atom is -0.330 e. The highest BCUT2D eigenvalue weighted by molar-refractivity contribution is 7.15. The normalized spacial score (nSPS) is 11.1. The van der Waals surface area contributed by atoms with Crippen molar-refractivity contribution in [1.82, 2.24) is 14.4 Å². The van der Waals surface area contributed by atoms with Gasteiger partial charge in [0, 0.05) is 35.5 Å². The van der Waals surface area contributed by atoms with Gasteiger partial charge in [-0.05, 0) is 18.7 Å². The number of thiazole rings is 1. The Labute approximate surface area is 103 Å². The molecule has 0 fully saturated rings. The van der Waals surface area contributed by atoms with Crippen LogP contribution in [0.25, 0.3) is 16.2 Å². The number of pyridine rings is 1. The summed E-state index contributed by atoms with van der Waals surface area (Å²) in [6.07, 6.45) is 6.36. The van der Waals surface area contributed by atoms with E-state index in [0.29, 0.717) is 6.54 Å². The number of imidazole rings is 1. The third-order valence-corrected chi connectivity index (χ3v) is 3.54. The number of aromatic nitrogens is 3. The van der Waals surface area contributed by atoms with E-state index in [9.17, 15) is 0 Å². The number of hydrogen-bond donors (Lipinski definition) is 1. The molecule has 3 aromatic heterocycles. The molecule has 2 N–H and O–H groups in total. The highest BCUT2D eigenvalue weighted by atomic mass is 32.1. The van der Waals surface area contributed by atoms with Crippen molar-refractivity contribution in [3.05, 3.63) is 41.8 Å². The molecule has 4 nitrogen and oxygen atoms in total. The van der Waals surface area contributed by atoms with Crippen molar-refractivity contribution >= 4 is 16.3 Å². The van der Waals surface area contributed by atoms with Gasteiger partial charge in [0.25, 0.3) is 0 Å². The van der Waals surface area contributed by atoms with Gasteiger partial charge in [0.15, 0.2) is 4.96 Å². The summed E-state index contributed by atoms with van der Waals surface area (Å²) in [5.74, 6) is 0. The molecular formula is C12H12N4S. The van der Waals surface area contributed by atoms with E-state index >= 15 is 0 Å². The summed E-state index contributed by atoms with van der Waals surface area (Å²) in [7, 11) is 0. The number of rotatable bonds is 3. The molecule has 0 aliphatic heterocycles. The van der Waals surface area contributed by atoms with Crippen molar-refractivity contribution in [1.29, 1.82) is 0 Å². The quantitative estimate of drug-likeness (QED) is 0.766. The summed E-state index contributed by atoms with van der Waals surface area (Å²) in [5.41, 5.74) is 9.10. The van der Waals surface area contributed by atoms with Crippen LogP contribution in [0.3, 0.4) is 0 Å². The van der Waals surface area contributed by atoms with Gasteiger partial charge in [-0.3, -0.25) is 9.38 Å². The van der Waals surface area contributed by atoms with Crippen molar-refractivity contribution in [3.63, 3.8) is 0 Å². The van der Waals surface area contributed by atoms with Crippen molar-refractivity contribution in [2.24, 2.45) is 5.73 Å². The van der Waals surface area contributed by atoms with E-state index in [1.165, 1.54) is 0 Å². The fourth-order valence-corrected chi connectivity index (χ4v) is 2.81. The molecule has 0 unspecified atom stereocenters. The van der Waals surface area contributed by atoms with Crippen LogP contribution >= 0.6 is 11.3 Å². The summed E-state index contributed by atoms with van der Waals surface area (Å²) in [5, 5.41) is 2.12. The zero-order chi connectivity index (χ0) is 11.7. The van der Waals surface area contributed by atoms with Crippen LogP contribution in [0, 0.1) is 0 Å². The van der Waals surface area contributed by atoms with Crippen LogP contribution < -0.4 is 5.73 Å². The van der Waals surface area contributed by atoms with E-state index in [2.05, 4.69) is 19.7 Å². The second kappa shape index (κ2) is 4.27. The van der Waals surface area contributed by atoms with Crippen LogP contribution in [-0.4, -0.2) is 20.9 Å². The molecule has 86 valence electrons. The Balaban J connectivity index is 2.19. The van der Waals surface area contributed by atoms with E-state index in [1.807, 2.05) is 18.3 Å². The minimum absolute atomic E-state index is 0.638. The Kier molecular flexibility index (Phi) is 2.62. The SMILES string of the molecule is NCCc1cnc2scc(-c3ccncc3)n12. The molecule has 3 heterocycles. The third kappa shape index (κ3) is 1.73. The van der Waals surface area contributed by atoms with Crippen molar-refractivity contribution in [2.45, 2.75) is 6.42 Å². The molecule has 0 amide bonds. The molecular weight excluding hydrogens is 232 g/mol. The molecule has 0 aliphatic rings. The highest BCUT2D eigenvalue weighted by Gasteiger charge is 2.10. The lowest BCUT2D eigenvalue weighted by molar-refractivity contribution is 0.911.